The highest BCUT2D eigenvalue weighted by molar-refractivity contribution is 7.54. The highest BCUT2D eigenvalue weighted by Crippen LogP contribution is 2.52. The van der Waals surface area contributed by atoms with Gasteiger partial charge in [-0.3, -0.25) is 4.57 Å². The Labute approximate surface area is 120 Å². The van der Waals surface area contributed by atoms with E-state index in [1.165, 1.54) is 20.3 Å². The molecule has 0 bridgehead atoms. The molecular weight excluding hydrogens is 303 g/mol. The van der Waals surface area contributed by atoms with Crippen LogP contribution in [-0.2, 0) is 27.5 Å². The summed E-state index contributed by atoms with van der Waals surface area (Å²) in [5.74, 6) is -1.19. The van der Waals surface area contributed by atoms with Gasteiger partial charge in [-0.15, -0.1) is 0 Å². The van der Waals surface area contributed by atoms with E-state index in [1.54, 1.807) is 6.08 Å². The van der Waals surface area contributed by atoms with Crippen molar-refractivity contribution in [1.29, 1.82) is 0 Å². The van der Waals surface area contributed by atoms with Crippen LogP contribution in [0.4, 0.5) is 4.79 Å². The molecule has 0 aliphatic heterocycles. The third-order valence-corrected chi connectivity index (χ3v) is 5.07. The molecule has 1 atom stereocenters. The van der Waals surface area contributed by atoms with E-state index < -0.39 is 27.9 Å². The molecule has 0 aromatic carbocycles. The molecular formula is C11H23O7PSi. The Kier molecular flexibility index (Phi) is 8.30. The third-order valence-electron chi connectivity index (χ3n) is 2.12. The molecule has 0 spiro atoms. The molecule has 0 aromatic heterocycles. The maximum Gasteiger partial charge on any atom is 0.509 e. The first-order valence-electron chi connectivity index (χ1n) is 5.95. The molecule has 0 N–H and O–H groups in total. The summed E-state index contributed by atoms with van der Waals surface area (Å²) in [4.78, 5) is 11.2. The highest BCUT2D eigenvalue weighted by Gasteiger charge is 2.36. The van der Waals surface area contributed by atoms with Crippen LogP contribution in [0.5, 0.6) is 0 Å². The van der Waals surface area contributed by atoms with Crippen molar-refractivity contribution in [1.82, 2.24) is 0 Å². The number of ether oxygens (including phenoxy) is 2. The van der Waals surface area contributed by atoms with Crippen LogP contribution in [0.2, 0.25) is 19.6 Å². The maximum absolute atomic E-state index is 12.2. The van der Waals surface area contributed by atoms with E-state index in [0.29, 0.717) is 6.61 Å². The van der Waals surface area contributed by atoms with Gasteiger partial charge in [-0.1, -0.05) is 6.08 Å². The highest BCUT2D eigenvalue weighted by atomic mass is 31.2. The van der Waals surface area contributed by atoms with Crippen LogP contribution < -0.4 is 0 Å². The van der Waals surface area contributed by atoms with Gasteiger partial charge in [0.2, 0.25) is 5.85 Å². The van der Waals surface area contributed by atoms with Gasteiger partial charge in [-0.2, -0.15) is 0 Å². The number of carbonyl (C=O) groups excluding carboxylic acids is 1. The summed E-state index contributed by atoms with van der Waals surface area (Å²) in [6, 6.07) is 0. The lowest BCUT2D eigenvalue weighted by Crippen LogP contribution is -2.25. The zero-order valence-electron chi connectivity index (χ0n) is 12.7. The normalized spacial score (nSPS) is 14.3. The average Bonchev–Trinajstić information content (AvgIpc) is 2.39. The Morgan fingerprint density at radius 2 is 1.75 bits per heavy atom. The second kappa shape index (κ2) is 8.59. The molecule has 7 nitrogen and oxygen atoms in total. The number of carbonyl (C=O) groups is 1. The van der Waals surface area contributed by atoms with E-state index in [4.69, 9.17) is 18.2 Å². The summed E-state index contributed by atoms with van der Waals surface area (Å²) in [6.07, 6.45) is 2.04. The standard InChI is InChI=1S/C11H23O7PSi/c1-14-11(12)18-10(19(13,15-2)16-3)8-7-9-17-20(4,5)6/h7-8,10H,9H2,1-6H3/b8-7+. The Balaban J connectivity index is 4.82. The van der Waals surface area contributed by atoms with Crippen molar-refractivity contribution < 1.29 is 32.3 Å². The van der Waals surface area contributed by atoms with Gasteiger partial charge < -0.3 is 22.9 Å². The molecule has 0 rings (SSSR count). The maximum atomic E-state index is 12.2. The van der Waals surface area contributed by atoms with Gasteiger partial charge >= 0.3 is 13.8 Å². The van der Waals surface area contributed by atoms with Crippen LogP contribution in [0.15, 0.2) is 12.2 Å². The number of rotatable bonds is 8. The molecule has 0 heterocycles. The van der Waals surface area contributed by atoms with Crippen LogP contribution in [0, 0.1) is 0 Å². The lowest BCUT2D eigenvalue weighted by atomic mass is 10.5. The topological polar surface area (TPSA) is 80.3 Å². The van der Waals surface area contributed by atoms with Crippen molar-refractivity contribution in [2.75, 3.05) is 27.9 Å². The molecule has 0 aliphatic rings. The van der Waals surface area contributed by atoms with E-state index >= 15 is 0 Å². The molecule has 20 heavy (non-hydrogen) atoms. The monoisotopic (exact) mass is 326 g/mol. The first-order valence-corrected chi connectivity index (χ1v) is 11.0. The molecule has 0 saturated heterocycles. The van der Waals surface area contributed by atoms with Gasteiger partial charge in [0.15, 0.2) is 8.32 Å². The van der Waals surface area contributed by atoms with Crippen LogP contribution in [0.3, 0.4) is 0 Å². The zero-order chi connectivity index (χ0) is 15.8. The molecule has 0 aromatic rings. The summed E-state index contributed by atoms with van der Waals surface area (Å²) < 4.78 is 36.7. The van der Waals surface area contributed by atoms with Crippen LogP contribution in [0.25, 0.3) is 0 Å². The van der Waals surface area contributed by atoms with E-state index in [9.17, 15) is 9.36 Å². The van der Waals surface area contributed by atoms with E-state index in [2.05, 4.69) is 4.74 Å². The van der Waals surface area contributed by atoms with Gasteiger partial charge in [0.1, 0.15) is 0 Å². The van der Waals surface area contributed by atoms with Crippen LogP contribution in [-0.4, -0.2) is 48.3 Å². The van der Waals surface area contributed by atoms with Crippen molar-refractivity contribution in [2.45, 2.75) is 25.5 Å². The largest absolute Gasteiger partial charge is 0.509 e. The molecule has 0 fully saturated rings. The Morgan fingerprint density at radius 3 is 2.15 bits per heavy atom. The fourth-order valence-corrected chi connectivity index (χ4v) is 2.82. The smallest absolute Gasteiger partial charge is 0.438 e. The predicted octanol–water partition coefficient (Wildman–Crippen LogP) is 2.99. The van der Waals surface area contributed by atoms with Crippen LogP contribution >= 0.6 is 7.60 Å². The summed E-state index contributed by atoms with van der Waals surface area (Å²) in [7, 11) is -1.66. The van der Waals surface area contributed by atoms with Gasteiger partial charge in [0.25, 0.3) is 0 Å². The molecule has 0 aliphatic carbocycles. The second-order valence-corrected chi connectivity index (χ2v) is 11.6. The van der Waals surface area contributed by atoms with Gasteiger partial charge in [-0.25, -0.2) is 4.79 Å². The van der Waals surface area contributed by atoms with Crippen molar-refractivity contribution in [2.24, 2.45) is 0 Å². The van der Waals surface area contributed by atoms with Crippen molar-refractivity contribution in [3.8, 4) is 0 Å². The van der Waals surface area contributed by atoms with Crippen molar-refractivity contribution in [3.05, 3.63) is 12.2 Å². The Morgan fingerprint density at radius 1 is 1.20 bits per heavy atom. The summed E-state index contributed by atoms with van der Waals surface area (Å²) in [6.45, 7) is 6.44. The minimum absolute atomic E-state index is 0.324. The summed E-state index contributed by atoms with van der Waals surface area (Å²) in [5, 5.41) is 0. The van der Waals surface area contributed by atoms with Gasteiger partial charge in [0.05, 0.1) is 13.7 Å². The molecule has 0 radical (unpaired) electrons. The minimum Gasteiger partial charge on any atom is -0.438 e. The number of hydrogen-bond acceptors (Lipinski definition) is 7. The first-order chi connectivity index (χ1) is 9.18. The van der Waals surface area contributed by atoms with E-state index in [0.717, 1.165) is 7.11 Å². The third kappa shape index (κ3) is 7.21. The zero-order valence-corrected chi connectivity index (χ0v) is 14.6. The predicted molar refractivity (Wildman–Crippen MR) is 77.3 cm³/mol. The second-order valence-electron chi connectivity index (χ2n) is 4.72. The van der Waals surface area contributed by atoms with Crippen molar-refractivity contribution >= 4 is 22.1 Å². The fraction of sp³-hybridized carbons (Fsp3) is 0.727. The average molecular weight is 326 g/mol. The molecule has 0 saturated carbocycles. The first kappa shape index (κ1) is 19.3. The SMILES string of the molecule is COC(=O)OC(/C=C/CO[Si](C)(C)C)P(=O)(OC)OC. The van der Waals surface area contributed by atoms with E-state index in [1.807, 2.05) is 19.6 Å². The lowest BCUT2D eigenvalue weighted by Gasteiger charge is -2.21. The Bertz CT molecular complexity index is 369. The Hall–Kier alpha value is -0.663. The molecule has 1 unspecified atom stereocenters. The summed E-state index contributed by atoms with van der Waals surface area (Å²) in [5.41, 5.74) is 0. The molecule has 118 valence electrons. The van der Waals surface area contributed by atoms with Gasteiger partial charge in [0, 0.05) is 14.2 Å². The quantitative estimate of drug-likeness (QED) is 0.293. The van der Waals surface area contributed by atoms with E-state index in [-0.39, 0.29) is 0 Å². The number of methoxy groups -OCH3 is 1. The van der Waals surface area contributed by atoms with Crippen LogP contribution in [0.1, 0.15) is 0 Å². The molecule has 0 amide bonds. The number of hydrogen-bond donors (Lipinski definition) is 0. The summed E-state index contributed by atoms with van der Waals surface area (Å²) >= 11 is 0. The molecule has 9 heteroatoms. The fourth-order valence-electron chi connectivity index (χ4n) is 1.11. The van der Waals surface area contributed by atoms with Gasteiger partial charge in [-0.05, 0) is 25.7 Å². The van der Waals surface area contributed by atoms with Crippen molar-refractivity contribution in [3.63, 3.8) is 0 Å². The minimum atomic E-state index is -3.59. The lowest BCUT2D eigenvalue weighted by molar-refractivity contribution is 0.0624.